The van der Waals surface area contributed by atoms with Crippen LogP contribution in [0.2, 0.25) is 0 Å². The van der Waals surface area contributed by atoms with Gasteiger partial charge in [0.1, 0.15) is 4.90 Å². The number of aromatic nitrogens is 3. The van der Waals surface area contributed by atoms with Crippen molar-refractivity contribution < 1.29 is 8.42 Å². The van der Waals surface area contributed by atoms with Gasteiger partial charge in [-0.15, -0.1) is 0 Å². The van der Waals surface area contributed by atoms with E-state index in [2.05, 4.69) is 4.98 Å². The van der Waals surface area contributed by atoms with Crippen molar-refractivity contribution in [3.63, 3.8) is 0 Å². The molecule has 0 aliphatic heterocycles. The number of primary sulfonamides is 1. The summed E-state index contributed by atoms with van der Waals surface area (Å²) in [5.41, 5.74) is 1.28. The second-order valence-electron chi connectivity index (χ2n) is 5.32. The van der Waals surface area contributed by atoms with E-state index in [-0.39, 0.29) is 16.3 Å². The van der Waals surface area contributed by atoms with Crippen LogP contribution in [0, 0.1) is 11.3 Å². The van der Waals surface area contributed by atoms with Crippen molar-refractivity contribution in [2.45, 2.75) is 4.90 Å². The number of hydrogen-bond donors (Lipinski definition) is 1. The Balaban J connectivity index is 2.08. The summed E-state index contributed by atoms with van der Waals surface area (Å²) in [6.07, 6.45) is 2.74. The average molecular weight is 355 g/mol. The first-order valence-corrected chi connectivity index (χ1v) is 8.64. The van der Waals surface area contributed by atoms with Crippen LogP contribution in [-0.4, -0.2) is 22.8 Å². The lowest BCUT2D eigenvalue weighted by Crippen LogP contribution is -2.21. The van der Waals surface area contributed by atoms with Crippen LogP contribution in [0.15, 0.2) is 58.5 Å². The Bertz CT molecular complexity index is 1130. The zero-order valence-corrected chi connectivity index (χ0v) is 13.9. The number of sulfonamides is 1. The number of aryl methyl sites for hydroxylation is 1. The highest BCUT2D eigenvalue weighted by Gasteiger charge is 2.15. The molecule has 9 heteroatoms. The van der Waals surface area contributed by atoms with Gasteiger partial charge in [-0.2, -0.15) is 9.94 Å². The normalized spacial score (nSPS) is 11.2. The lowest BCUT2D eigenvalue weighted by molar-refractivity contribution is 0.596. The van der Waals surface area contributed by atoms with E-state index in [9.17, 15) is 13.2 Å². The first-order valence-electron chi connectivity index (χ1n) is 7.09. The molecule has 0 radical (unpaired) electrons. The summed E-state index contributed by atoms with van der Waals surface area (Å²) in [5, 5.41) is 13.9. The topological polar surface area (TPSA) is 124 Å². The lowest BCUT2D eigenvalue weighted by Gasteiger charge is -2.06. The predicted molar refractivity (Wildman–Crippen MR) is 90.3 cm³/mol. The summed E-state index contributed by atoms with van der Waals surface area (Å²) in [7, 11) is -2.18. The number of pyridine rings is 1. The van der Waals surface area contributed by atoms with E-state index in [1.807, 2.05) is 6.07 Å². The van der Waals surface area contributed by atoms with E-state index in [4.69, 9.17) is 10.4 Å². The maximum Gasteiger partial charge on any atom is 0.280 e. The van der Waals surface area contributed by atoms with Crippen molar-refractivity contribution in [3.05, 3.63) is 64.7 Å². The third kappa shape index (κ3) is 3.08. The van der Waals surface area contributed by atoms with Crippen LogP contribution >= 0.6 is 0 Å². The number of nitrogens with zero attached hydrogens (tertiary/aromatic N) is 4. The molecule has 25 heavy (non-hydrogen) atoms. The van der Waals surface area contributed by atoms with E-state index >= 15 is 0 Å². The highest BCUT2D eigenvalue weighted by Crippen LogP contribution is 2.17. The first kappa shape index (κ1) is 16.6. The summed E-state index contributed by atoms with van der Waals surface area (Å²) in [6.45, 7) is 0. The zero-order chi connectivity index (χ0) is 18.2. The average Bonchev–Trinajstić information content (AvgIpc) is 2.89. The molecule has 0 saturated heterocycles. The van der Waals surface area contributed by atoms with Crippen LogP contribution in [0.4, 0.5) is 0 Å². The van der Waals surface area contributed by atoms with Crippen LogP contribution in [0.5, 0.6) is 0 Å². The highest BCUT2D eigenvalue weighted by atomic mass is 32.2. The van der Waals surface area contributed by atoms with Crippen LogP contribution in [0.3, 0.4) is 0 Å². The molecular formula is C16H13N5O3S. The van der Waals surface area contributed by atoms with Crippen molar-refractivity contribution in [2.24, 2.45) is 12.2 Å². The summed E-state index contributed by atoms with van der Waals surface area (Å²) in [6, 6.07) is 11.4. The molecular weight excluding hydrogens is 342 g/mol. The molecule has 0 aliphatic rings. The number of nitriles is 1. The van der Waals surface area contributed by atoms with Gasteiger partial charge in [0.15, 0.2) is 5.82 Å². The third-order valence-electron chi connectivity index (χ3n) is 3.65. The second kappa shape index (κ2) is 6.01. The Labute approximate surface area is 143 Å². The smallest absolute Gasteiger partial charge is 0.280 e. The van der Waals surface area contributed by atoms with E-state index in [0.29, 0.717) is 16.7 Å². The third-order valence-corrected chi connectivity index (χ3v) is 4.54. The van der Waals surface area contributed by atoms with Gasteiger partial charge in [-0.25, -0.2) is 18.5 Å². The SMILES string of the molecule is Cn1cc(-c2ccc(C#N)cc2)c(=O)n1-c1ccc(S(N)(=O)=O)cn1. The largest absolute Gasteiger partial charge is 0.286 e. The molecule has 0 spiro atoms. The molecule has 0 unspecified atom stereocenters. The summed E-state index contributed by atoms with van der Waals surface area (Å²) < 4.78 is 25.5. The fourth-order valence-corrected chi connectivity index (χ4v) is 2.87. The molecule has 0 amide bonds. The van der Waals surface area contributed by atoms with Crippen LogP contribution in [0.25, 0.3) is 16.9 Å². The first-order chi connectivity index (χ1) is 11.8. The van der Waals surface area contributed by atoms with E-state index in [1.165, 1.54) is 16.8 Å². The van der Waals surface area contributed by atoms with Crippen molar-refractivity contribution in [2.75, 3.05) is 0 Å². The van der Waals surface area contributed by atoms with Gasteiger partial charge in [0.25, 0.3) is 5.56 Å². The van der Waals surface area contributed by atoms with E-state index in [1.54, 1.807) is 42.2 Å². The quantitative estimate of drug-likeness (QED) is 0.743. The van der Waals surface area contributed by atoms with Gasteiger partial charge in [-0.1, -0.05) is 12.1 Å². The molecule has 0 saturated carbocycles. The van der Waals surface area contributed by atoms with Gasteiger partial charge in [-0.3, -0.25) is 9.48 Å². The second-order valence-corrected chi connectivity index (χ2v) is 6.88. The summed E-state index contributed by atoms with van der Waals surface area (Å²) >= 11 is 0. The number of hydrogen-bond acceptors (Lipinski definition) is 5. The van der Waals surface area contributed by atoms with E-state index < -0.39 is 10.0 Å². The predicted octanol–water partition coefficient (Wildman–Crippen LogP) is 0.757. The van der Waals surface area contributed by atoms with Crippen molar-refractivity contribution in [3.8, 4) is 23.0 Å². The molecule has 1 aromatic carbocycles. The molecule has 2 aromatic heterocycles. The molecule has 8 nitrogen and oxygen atoms in total. The molecule has 0 fully saturated rings. The Morgan fingerprint density at radius 2 is 1.84 bits per heavy atom. The highest BCUT2D eigenvalue weighted by molar-refractivity contribution is 7.89. The fraction of sp³-hybridized carbons (Fsp3) is 0.0625. The maximum absolute atomic E-state index is 12.7. The van der Waals surface area contributed by atoms with Crippen molar-refractivity contribution >= 4 is 10.0 Å². The van der Waals surface area contributed by atoms with Crippen molar-refractivity contribution in [1.29, 1.82) is 5.26 Å². The summed E-state index contributed by atoms with van der Waals surface area (Å²) in [4.78, 5) is 16.6. The van der Waals surface area contributed by atoms with E-state index in [0.717, 1.165) is 6.20 Å². The number of rotatable bonds is 3. The lowest BCUT2D eigenvalue weighted by atomic mass is 10.1. The van der Waals surface area contributed by atoms with Gasteiger partial charge in [-0.05, 0) is 29.8 Å². The maximum atomic E-state index is 12.7. The zero-order valence-electron chi connectivity index (χ0n) is 13.1. The van der Waals surface area contributed by atoms with Gasteiger partial charge in [0, 0.05) is 19.4 Å². The molecule has 0 atom stereocenters. The number of benzene rings is 1. The molecule has 2 heterocycles. The summed E-state index contributed by atoms with van der Waals surface area (Å²) in [5.74, 6) is 0.264. The molecule has 126 valence electrons. The molecule has 3 rings (SSSR count). The van der Waals surface area contributed by atoms with Gasteiger partial charge >= 0.3 is 0 Å². The van der Waals surface area contributed by atoms with Crippen LogP contribution in [-0.2, 0) is 17.1 Å². The molecule has 0 aliphatic carbocycles. The van der Waals surface area contributed by atoms with Crippen molar-refractivity contribution in [1.82, 2.24) is 14.3 Å². The van der Waals surface area contributed by atoms with Gasteiger partial charge in [0.2, 0.25) is 10.0 Å². The Kier molecular flexibility index (Phi) is 4.00. The standard InChI is InChI=1S/C16H13N5O3S/c1-20-10-14(12-4-2-11(8-17)3-5-12)16(22)21(20)15-7-6-13(9-19-15)25(18,23)24/h2-7,9-10H,1H3,(H2,18,23,24). The monoisotopic (exact) mass is 355 g/mol. The minimum absolute atomic E-state index is 0.133. The Morgan fingerprint density at radius 3 is 2.36 bits per heavy atom. The van der Waals surface area contributed by atoms with Gasteiger partial charge in [0.05, 0.1) is 17.2 Å². The molecule has 0 bridgehead atoms. The van der Waals surface area contributed by atoms with Crippen LogP contribution in [0.1, 0.15) is 5.56 Å². The Morgan fingerprint density at radius 1 is 1.16 bits per heavy atom. The van der Waals surface area contributed by atoms with Crippen LogP contribution < -0.4 is 10.7 Å². The number of nitrogens with two attached hydrogens (primary N) is 1. The minimum Gasteiger partial charge on any atom is -0.286 e. The molecule has 2 N–H and O–H groups in total. The minimum atomic E-state index is -3.85. The Hall–Kier alpha value is -3.22. The fourth-order valence-electron chi connectivity index (χ4n) is 2.41. The van der Waals surface area contributed by atoms with Gasteiger partial charge < -0.3 is 0 Å². The molecule has 3 aromatic rings.